The minimum atomic E-state index is 0.120. The van der Waals surface area contributed by atoms with Crippen molar-refractivity contribution in [2.24, 2.45) is 15.8 Å². The standard InChI is InChI=1S/C40H54N6O2/c1-6-7-8-23-48-26-35(42-21-22-46(29(2)47)27-39(3)17-18-39)37(41-4)33-15-11-31(12-16-33)30-9-13-32(14-10-30)34-25-43-38(44-34)36-24-40(19-20-40)28-45(36)5/h9-16,25,36,42H,4,6-8,17-24,26-28H2,1-3,5H3,(H,43,44)/b37-35-. The molecule has 0 bridgehead atoms. The molecule has 1 aliphatic heterocycles. The SMILES string of the molecule is C=N/C(=C(/COCCCCC)NCCN(CC1(C)CC1)C(C)=O)c1ccc(-c2ccc(-c3cnc(C4CC5(CC5)CN4C)[nH]3)cc2)cc1. The predicted octanol–water partition coefficient (Wildman–Crippen LogP) is 7.71. The first-order valence-corrected chi connectivity index (χ1v) is 17.9. The number of aromatic amines is 1. The van der Waals surface area contributed by atoms with Gasteiger partial charge in [0.2, 0.25) is 5.91 Å². The first kappa shape index (κ1) is 34.1. The molecule has 3 aliphatic rings. The Hall–Kier alpha value is -3.75. The highest BCUT2D eigenvalue weighted by atomic mass is 16.5. The van der Waals surface area contributed by atoms with Crippen LogP contribution in [0.15, 0.2) is 65.4 Å². The second kappa shape index (κ2) is 14.8. The lowest BCUT2D eigenvalue weighted by molar-refractivity contribution is -0.129. The fourth-order valence-corrected chi connectivity index (χ4v) is 7.14. The number of nitrogens with zero attached hydrogens (tertiary/aromatic N) is 4. The zero-order chi connectivity index (χ0) is 33.7. The van der Waals surface area contributed by atoms with Crippen molar-refractivity contribution in [2.75, 3.05) is 46.4 Å². The molecular weight excluding hydrogens is 596 g/mol. The van der Waals surface area contributed by atoms with Gasteiger partial charge in [0, 0.05) is 45.3 Å². The third-order valence-corrected chi connectivity index (χ3v) is 10.7. The summed E-state index contributed by atoms with van der Waals surface area (Å²) in [7, 11) is 2.23. The fraction of sp³-hybridized carbons (Fsp3) is 0.525. The van der Waals surface area contributed by atoms with E-state index in [4.69, 9.17) is 9.72 Å². The maximum atomic E-state index is 12.4. The number of aliphatic imine (C=N–C) groups is 1. The molecule has 6 rings (SSSR count). The first-order valence-electron chi connectivity index (χ1n) is 17.9. The van der Waals surface area contributed by atoms with Gasteiger partial charge in [0.25, 0.3) is 0 Å². The molecule has 1 atom stereocenters. The van der Waals surface area contributed by atoms with Crippen molar-refractivity contribution in [3.05, 3.63) is 71.8 Å². The van der Waals surface area contributed by atoms with Gasteiger partial charge in [0.1, 0.15) is 5.82 Å². The van der Waals surface area contributed by atoms with E-state index in [9.17, 15) is 4.79 Å². The van der Waals surface area contributed by atoms with Crippen molar-refractivity contribution < 1.29 is 9.53 Å². The lowest BCUT2D eigenvalue weighted by Crippen LogP contribution is -2.39. The van der Waals surface area contributed by atoms with E-state index in [1.165, 1.54) is 38.6 Å². The van der Waals surface area contributed by atoms with Crippen LogP contribution in [0, 0.1) is 10.8 Å². The van der Waals surface area contributed by atoms with Crippen molar-refractivity contribution in [2.45, 2.75) is 78.2 Å². The number of unbranched alkanes of at least 4 members (excludes halogenated alkanes) is 2. The number of carbonyl (C=O) groups is 1. The predicted molar refractivity (Wildman–Crippen MR) is 196 cm³/mol. The van der Waals surface area contributed by atoms with Gasteiger partial charge in [-0.3, -0.25) is 14.7 Å². The summed E-state index contributed by atoms with van der Waals surface area (Å²) in [6.07, 6.45) is 11.6. The highest BCUT2D eigenvalue weighted by molar-refractivity contribution is 5.75. The van der Waals surface area contributed by atoms with Gasteiger partial charge in [0.15, 0.2) is 0 Å². The van der Waals surface area contributed by atoms with Gasteiger partial charge in [-0.15, -0.1) is 0 Å². The summed E-state index contributed by atoms with van der Waals surface area (Å²) in [6, 6.07) is 17.6. The van der Waals surface area contributed by atoms with E-state index < -0.39 is 0 Å². The molecule has 2 N–H and O–H groups in total. The molecule has 3 aromatic rings. The molecule has 256 valence electrons. The van der Waals surface area contributed by atoms with Crippen LogP contribution in [-0.2, 0) is 9.53 Å². The molecule has 2 aliphatic carbocycles. The molecule has 1 aromatic heterocycles. The van der Waals surface area contributed by atoms with Gasteiger partial charge in [-0.05, 0) is 79.8 Å². The van der Waals surface area contributed by atoms with Crippen LogP contribution in [-0.4, -0.2) is 78.8 Å². The lowest BCUT2D eigenvalue weighted by Gasteiger charge is -2.25. The number of likely N-dealkylation sites (tertiary alicyclic amines) is 1. The Balaban J connectivity index is 1.13. The van der Waals surface area contributed by atoms with Crippen LogP contribution in [0.1, 0.15) is 89.6 Å². The number of hydrogen-bond donors (Lipinski definition) is 2. The van der Waals surface area contributed by atoms with E-state index in [0.717, 1.165) is 71.0 Å². The quantitative estimate of drug-likeness (QED) is 0.115. The number of ether oxygens (including phenoxy) is 1. The third-order valence-electron chi connectivity index (χ3n) is 10.7. The molecule has 8 heteroatoms. The summed E-state index contributed by atoms with van der Waals surface area (Å²) in [5.74, 6) is 1.20. The van der Waals surface area contributed by atoms with Crippen LogP contribution in [0.3, 0.4) is 0 Å². The Labute approximate surface area is 287 Å². The normalized spacial score (nSPS) is 19.6. The van der Waals surface area contributed by atoms with E-state index in [2.05, 4.69) is 96.3 Å². The molecule has 1 saturated heterocycles. The largest absolute Gasteiger partial charge is 0.383 e. The minimum absolute atomic E-state index is 0.120. The number of H-pyrrole nitrogens is 1. The number of hydrogen-bond acceptors (Lipinski definition) is 6. The molecule has 1 unspecified atom stereocenters. The fourth-order valence-electron chi connectivity index (χ4n) is 7.14. The first-order chi connectivity index (χ1) is 23.2. The number of rotatable bonds is 17. The maximum Gasteiger partial charge on any atom is 0.219 e. The van der Waals surface area contributed by atoms with E-state index in [1.54, 1.807) is 6.92 Å². The average molecular weight is 651 g/mol. The lowest BCUT2D eigenvalue weighted by atomic mass is 10.0. The van der Waals surface area contributed by atoms with Crippen LogP contribution < -0.4 is 5.32 Å². The van der Waals surface area contributed by atoms with Crippen molar-refractivity contribution in [3.8, 4) is 22.4 Å². The second-order valence-corrected chi connectivity index (χ2v) is 14.9. The Morgan fingerprint density at radius 1 is 1.08 bits per heavy atom. The van der Waals surface area contributed by atoms with Gasteiger partial charge in [0.05, 0.1) is 35.9 Å². The number of imidazole rings is 1. The van der Waals surface area contributed by atoms with Crippen LogP contribution in [0.4, 0.5) is 0 Å². The summed E-state index contributed by atoms with van der Waals surface area (Å²) in [4.78, 5) is 29.6. The van der Waals surface area contributed by atoms with Crippen molar-refractivity contribution in [1.29, 1.82) is 0 Å². The number of amides is 1. The van der Waals surface area contributed by atoms with E-state index in [1.807, 2.05) is 11.1 Å². The van der Waals surface area contributed by atoms with Crippen molar-refractivity contribution in [3.63, 3.8) is 0 Å². The summed E-state index contributed by atoms with van der Waals surface area (Å²) in [5, 5.41) is 3.56. The molecule has 8 nitrogen and oxygen atoms in total. The van der Waals surface area contributed by atoms with E-state index in [-0.39, 0.29) is 11.3 Å². The zero-order valence-corrected chi connectivity index (χ0v) is 29.5. The third kappa shape index (κ3) is 8.27. The summed E-state index contributed by atoms with van der Waals surface area (Å²) < 4.78 is 6.09. The van der Waals surface area contributed by atoms with E-state index >= 15 is 0 Å². The Morgan fingerprint density at radius 3 is 2.38 bits per heavy atom. The van der Waals surface area contributed by atoms with Crippen LogP contribution in [0.2, 0.25) is 0 Å². The molecule has 2 saturated carbocycles. The molecule has 0 radical (unpaired) electrons. The molecule has 1 amide bonds. The van der Waals surface area contributed by atoms with Gasteiger partial charge in [-0.25, -0.2) is 4.98 Å². The molecular formula is C40H54N6O2. The van der Waals surface area contributed by atoms with Crippen molar-refractivity contribution in [1.82, 2.24) is 25.1 Å². The Morgan fingerprint density at radius 2 is 1.77 bits per heavy atom. The smallest absolute Gasteiger partial charge is 0.219 e. The van der Waals surface area contributed by atoms with E-state index in [0.29, 0.717) is 37.8 Å². The number of carbonyl (C=O) groups excluding carboxylic acids is 1. The Bertz CT molecular complexity index is 1580. The van der Waals surface area contributed by atoms with Crippen LogP contribution >= 0.6 is 0 Å². The summed E-state index contributed by atoms with van der Waals surface area (Å²) >= 11 is 0. The van der Waals surface area contributed by atoms with Crippen LogP contribution in [0.5, 0.6) is 0 Å². The number of nitrogens with one attached hydrogen (secondary N) is 2. The Kier molecular flexibility index (Phi) is 10.5. The van der Waals surface area contributed by atoms with Gasteiger partial charge < -0.3 is 19.9 Å². The second-order valence-electron chi connectivity index (χ2n) is 14.9. The van der Waals surface area contributed by atoms with Crippen molar-refractivity contribution >= 4 is 18.3 Å². The maximum absolute atomic E-state index is 12.4. The average Bonchev–Trinajstić information content (AvgIpc) is 3.92. The van der Waals surface area contributed by atoms with Gasteiger partial charge in [-0.2, -0.15) is 0 Å². The zero-order valence-electron chi connectivity index (χ0n) is 29.5. The van der Waals surface area contributed by atoms with Gasteiger partial charge in [-0.1, -0.05) is 75.2 Å². The van der Waals surface area contributed by atoms with Gasteiger partial charge >= 0.3 is 0 Å². The molecule has 1 spiro atoms. The number of benzene rings is 2. The minimum Gasteiger partial charge on any atom is -0.383 e. The molecule has 2 aromatic carbocycles. The molecule has 2 heterocycles. The highest BCUT2D eigenvalue weighted by Gasteiger charge is 2.51. The van der Waals surface area contributed by atoms with Crippen LogP contribution in [0.25, 0.3) is 28.1 Å². The monoisotopic (exact) mass is 650 g/mol. The highest BCUT2D eigenvalue weighted by Crippen LogP contribution is 2.57. The molecule has 48 heavy (non-hydrogen) atoms. The summed E-state index contributed by atoms with van der Waals surface area (Å²) in [5.41, 5.74) is 7.98. The topological polar surface area (TPSA) is 85.8 Å². The molecule has 3 fully saturated rings. The number of aromatic nitrogens is 2. The summed E-state index contributed by atoms with van der Waals surface area (Å²) in [6.45, 7) is 14.4.